The van der Waals surface area contributed by atoms with Crippen LogP contribution in [0.2, 0.25) is 25.7 Å². The molecule has 2 aromatic carbocycles. The van der Waals surface area contributed by atoms with Crippen LogP contribution in [0, 0.1) is 17.0 Å². The molecule has 296 valence electrons. The lowest BCUT2D eigenvalue weighted by Crippen LogP contribution is -2.55. The zero-order chi connectivity index (χ0) is 40.6. The van der Waals surface area contributed by atoms with E-state index in [-0.39, 0.29) is 46.8 Å². The van der Waals surface area contributed by atoms with E-state index in [9.17, 15) is 22.8 Å². The third-order valence-corrected chi connectivity index (χ3v) is 11.2. The number of benzene rings is 2. The van der Waals surface area contributed by atoms with Gasteiger partial charge in [-0.1, -0.05) is 52.5 Å². The van der Waals surface area contributed by atoms with Crippen molar-refractivity contribution in [2.75, 3.05) is 37.0 Å². The molecule has 0 unspecified atom stereocenters. The lowest BCUT2D eigenvalue weighted by molar-refractivity contribution is -0.138. The summed E-state index contributed by atoms with van der Waals surface area (Å²) in [6.07, 6.45) is -3.49. The highest BCUT2D eigenvalue weighted by atomic mass is 28.3. The van der Waals surface area contributed by atoms with Gasteiger partial charge in [0.1, 0.15) is 0 Å². The molecule has 1 aliphatic rings. The highest BCUT2D eigenvalue weighted by molar-refractivity contribution is 6.76. The molecule has 1 aliphatic heterocycles. The van der Waals surface area contributed by atoms with Crippen molar-refractivity contribution in [1.82, 2.24) is 15.2 Å². The summed E-state index contributed by atoms with van der Waals surface area (Å²) in [5.74, 6) is -4.73. The number of aromatic nitrogens is 1. The summed E-state index contributed by atoms with van der Waals surface area (Å²) in [6, 6.07) is 8.66. The minimum Gasteiger partial charge on any atom is -0.478 e. The van der Waals surface area contributed by atoms with E-state index < -0.39 is 59.9 Å². The van der Waals surface area contributed by atoms with E-state index >= 15 is 8.78 Å². The van der Waals surface area contributed by atoms with E-state index in [1.807, 2.05) is 60.4 Å². The maximum atomic E-state index is 15.8. The molecule has 2 N–H and O–H groups in total. The van der Waals surface area contributed by atoms with Gasteiger partial charge >= 0.3 is 6.18 Å². The number of rotatable bonds is 11. The van der Waals surface area contributed by atoms with E-state index in [0.29, 0.717) is 31.2 Å². The van der Waals surface area contributed by atoms with Crippen LogP contribution in [0.4, 0.5) is 33.3 Å². The Labute approximate surface area is 316 Å². The van der Waals surface area contributed by atoms with Gasteiger partial charge in [0.05, 0.1) is 34.7 Å². The molecular formula is C40H54F5N5O3Si. The van der Waals surface area contributed by atoms with Crippen LogP contribution >= 0.6 is 0 Å². The number of carbonyl (C=O) groups excluding carboxylic acids is 2. The summed E-state index contributed by atoms with van der Waals surface area (Å²) in [7, 11) is 0.461. The number of nitrogens with zero attached hydrogens (tertiary/aromatic N) is 3. The van der Waals surface area contributed by atoms with Crippen LogP contribution in [0.15, 0.2) is 42.6 Å². The molecule has 3 aromatic rings. The molecule has 14 heteroatoms. The van der Waals surface area contributed by atoms with Crippen molar-refractivity contribution in [1.29, 1.82) is 0 Å². The number of ether oxygens (including phenoxy) is 1. The molecule has 2 amide bonds. The molecule has 0 spiro atoms. The smallest absolute Gasteiger partial charge is 0.417 e. The zero-order valence-corrected chi connectivity index (χ0v) is 34.2. The fourth-order valence-electron chi connectivity index (χ4n) is 6.96. The normalized spacial score (nSPS) is 17.4. The number of hydrogen-bond acceptors (Lipinski definition) is 6. The Kier molecular flexibility index (Phi) is 12.6. The molecule has 0 bridgehead atoms. The lowest BCUT2D eigenvalue weighted by atomic mass is 9.81. The Morgan fingerprint density at radius 3 is 2.11 bits per heavy atom. The monoisotopic (exact) mass is 775 g/mol. The van der Waals surface area contributed by atoms with Crippen LogP contribution in [0.1, 0.15) is 81.2 Å². The molecule has 1 aromatic heterocycles. The van der Waals surface area contributed by atoms with E-state index in [0.717, 1.165) is 12.3 Å². The van der Waals surface area contributed by atoms with Crippen LogP contribution in [-0.4, -0.2) is 74.1 Å². The summed E-state index contributed by atoms with van der Waals surface area (Å²) in [5, 5.41) is 5.43. The average Bonchev–Trinajstić information content (AvgIpc) is 3.02. The van der Waals surface area contributed by atoms with Gasteiger partial charge in [-0.15, -0.1) is 0 Å². The Bertz CT molecular complexity index is 1840. The minimum absolute atomic E-state index is 0.0881. The first-order chi connectivity index (χ1) is 24.8. The SMILES string of the molecule is C[C@@H]1CN(c2ccc(-c3ccc(C(=O)NC(C)(C)CC(C)(C)C)c(F)c3F)cc2NC(=O)c2cnc(OCC[Si](C)(C)C)cc2C(F)(F)F)C[C@H](C)N1C. The number of carbonyl (C=O) groups is 2. The van der Waals surface area contributed by atoms with E-state index in [2.05, 4.69) is 40.2 Å². The van der Waals surface area contributed by atoms with Crippen LogP contribution in [-0.2, 0) is 6.18 Å². The third kappa shape index (κ3) is 10.8. The Morgan fingerprint density at radius 1 is 0.907 bits per heavy atom. The van der Waals surface area contributed by atoms with Gasteiger partial charge in [-0.2, -0.15) is 13.2 Å². The summed E-state index contributed by atoms with van der Waals surface area (Å²) in [5.41, 5.74) is -2.73. The van der Waals surface area contributed by atoms with E-state index in [1.54, 1.807) is 12.1 Å². The number of nitrogens with one attached hydrogen (secondary N) is 2. The predicted molar refractivity (Wildman–Crippen MR) is 207 cm³/mol. The van der Waals surface area contributed by atoms with Gasteiger partial charge in [0.15, 0.2) is 11.6 Å². The number of piperazine rings is 1. The number of hydrogen-bond donors (Lipinski definition) is 2. The van der Waals surface area contributed by atoms with E-state index in [1.165, 1.54) is 18.2 Å². The largest absolute Gasteiger partial charge is 0.478 e. The van der Waals surface area contributed by atoms with Crippen molar-refractivity contribution < 1.29 is 36.3 Å². The molecule has 0 saturated carbocycles. The van der Waals surface area contributed by atoms with Crippen LogP contribution in [0.25, 0.3) is 11.1 Å². The third-order valence-electron chi connectivity index (χ3n) is 9.54. The Balaban J connectivity index is 1.74. The molecule has 8 nitrogen and oxygen atoms in total. The second-order valence-corrected chi connectivity index (χ2v) is 23.2. The van der Waals surface area contributed by atoms with Crippen molar-refractivity contribution in [2.24, 2.45) is 5.41 Å². The average molecular weight is 776 g/mol. The van der Waals surface area contributed by atoms with Crippen molar-refractivity contribution in [3.05, 3.63) is 70.9 Å². The van der Waals surface area contributed by atoms with E-state index in [4.69, 9.17) is 4.74 Å². The quantitative estimate of drug-likeness (QED) is 0.149. The number of likely N-dealkylation sites (N-methyl/N-ethyl adjacent to an activating group) is 1. The fourth-order valence-corrected chi connectivity index (χ4v) is 7.67. The predicted octanol–water partition coefficient (Wildman–Crippen LogP) is 9.49. The summed E-state index contributed by atoms with van der Waals surface area (Å²) >= 11 is 0. The summed E-state index contributed by atoms with van der Waals surface area (Å²) < 4.78 is 80.1. The standard InChI is InChI=1S/C40H54F5N5O3Si/c1-24-21-50(22-25(2)49(24)8)32-15-12-26(27-13-14-28(35(42)34(27)41)37(52)48-39(6,7)23-38(3,4)5)18-31(32)47-36(51)29-20-46-33(19-30(29)40(43,44)45)53-16-17-54(9,10)11/h12-15,18-20,24-25H,16-17,21-23H2,1-11H3,(H,47,51)(H,48,52)/t24-,25+. The van der Waals surface area contributed by atoms with Crippen LogP contribution < -0.4 is 20.3 Å². The van der Waals surface area contributed by atoms with Gasteiger partial charge in [0, 0.05) is 56.6 Å². The van der Waals surface area contributed by atoms with Crippen molar-refractivity contribution in [2.45, 2.75) is 104 Å². The van der Waals surface area contributed by atoms with Gasteiger partial charge in [-0.05, 0) is 76.4 Å². The molecule has 1 saturated heterocycles. The second kappa shape index (κ2) is 16.0. The van der Waals surface area contributed by atoms with Gasteiger partial charge in [-0.3, -0.25) is 14.5 Å². The van der Waals surface area contributed by atoms with Crippen molar-refractivity contribution in [3.63, 3.8) is 0 Å². The van der Waals surface area contributed by atoms with Crippen LogP contribution in [0.5, 0.6) is 5.88 Å². The summed E-state index contributed by atoms with van der Waals surface area (Å²) in [6.45, 7) is 21.3. The Hall–Kier alpha value is -4.04. The molecule has 4 rings (SSSR count). The number of alkyl halides is 3. The van der Waals surface area contributed by atoms with Crippen molar-refractivity contribution >= 4 is 31.3 Å². The molecule has 2 atom stereocenters. The first-order valence-electron chi connectivity index (χ1n) is 18.2. The minimum atomic E-state index is -4.91. The second-order valence-electron chi connectivity index (χ2n) is 17.5. The molecule has 0 radical (unpaired) electrons. The molecule has 1 fully saturated rings. The van der Waals surface area contributed by atoms with Crippen molar-refractivity contribution in [3.8, 4) is 17.0 Å². The van der Waals surface area contributed by atoms with Crippen LogP contribution in [0.3, 0.4) is 0 Å². The number of amides is 2. The Morgan fingerprint density at radius 2 is 1.54 bits per heavy atom. The summed E-state index contributed by atoms with van der Waals surface area (Å²) in [4.78, 5) is 35.1. The number of pyridine rings is 1. The van der Waals surface area contributed by atoms with Gasteiger partial charge in [-0.25, -0.2) is 13.8 Å². The first-order valence-corrected chi connectivity index (χ1v) is 21.9. The fraction of sp³-hybridized carbons (Fsp3) is 0.525. The zero-order valence-electron chi connectivity index (χ0n) is 33.2. The highest BCUT2D eigenvalue weighted by Crippen LogP contribution is 2.38. The molecule has 54 heavy (non-hydrogen) atoms. The first kappa shape index (κ1) is 42.7. The lowest BCUT2D eigenvalue weighted by Gasteiger charge is -2.44. The van der Waals surface area contributed by atoms with Gasteiger partial charge < -0.3 is 20.3 Å². The maximum Gasteiger partial charge on any atom is 0.417 e. The van der Waals surface area contributed by atoms with Gasteiger partial charge in [0.2, 0.25) is 5.88 Å². The molecular weight excluding hydrogens is 722 g/mol. The molecule has 2 heterocycles. The number of anilines is 2. The number of halogens is 5. The van der Waals surface area contributed by atoms with Gasteiger partial charge in [0.25, 0.3) is 11.8 Å². The topological polar surface area (TPSA) is 86.8 Å². The molecule has 0 aliphatic carbocycles. The maximum absolute atomic E-state index is 15.8. The highest BCUT2D eigenvalue weighted by Gasteiger charge is 2.37.